The van der Waals surface area contributed by atoms with Crippen molar-refractivity contribution >= 4 is 21.9 Å². The molecule has 1 atom stereocenters. The Kier molecular flexibility index (Phi) is 8.78. The monoisotopic (exact) mass is 430 g/mol. The van der Waals surface area contributed by atoms with Crippen molar-refractivity contribution in [2.75, 3.05) is 17.9 Å². The van der Waals surface area contributed by atoms with Gasteiger partial charge in [0.2, 0.25) is 0 Å². The number of fused-ring (bicyclic) bond motifs is 2. The molecule has 0 fully saturated rings. The molecule has 0 saturated carbocycles. The molecule has 162 valence electrons. The van der Waals surface area contributed by atoms with E-state index in [1.54, 1.807) is 13.1 Å². The van der Waals surface area contributed by atoms with Gasteiger partial charge in [-0.15, -0.1) is 0 Å². The molecule has 1 aliphatic rings. The zero-order chi connectivity index (χ0) is 22.1. The summed E-state index contributed by atoms with van der Waals surface area (Å²) >= 11 is 0. The number of anilines is 1. The lowest BCUT2D eigenvalue weighted by molar-refractivity contribution is -0.191. The van der Waals surface area contributed by atoms with E-state index >= 15 is 0 Å². The van der Waals surface area contributed by atoms with Gasteiger partial charge in [0, 0.05) is 7.05 Å². The average Bonchev–Trinajstić information content (AvgIpc) is 2.79. The average molecular weight is 431 g/mol. The molecule has 0 radical (unpaired) electrons. The number of aryl methyl sites for hydroxylation is 1. The van der Waals surface area contributed by atoms with Gasteiger partial charge in [-0.1, -0.05) is 62.9 Å². The fourth-order valence-electron chi connectivity index (χ4n) is 3.76. The lowest BCUT2D eigenvalue weighted by atomic mass is 9.96. The largest absolute Gasteiger partial charge is 0.373 e. The highest BCUT2D eigenvalue weighted by atomic mass is 32.2. The van der Waals surface area contributed by atoms with Crippen LogP contribution < -0.4 is 9.62 Å². The Morgan fingerprint density at radius 3 is 2.37 bits per heavy atom. The smallest absolute Gasteiger partial charge is 0.306 e. The Hall–Kier alpha value is -2.47. The van der Waals surface area contributed by atoms with Crippen LogP contribution in [0.2, 0.25) is 0 Å². The van der Waals surface area contributed by atoms with Gasteiger partial charge in [0.15, 0.2) is 0 Å². The Balaban J connectivity index is 0.00000101. The number of carbonyl (C=O) groups excluding carboxylic acids is 2. The number of para-hydroxylation sites is 1. The molecule has 1 N–H and O–H groups in total. The summed E-state index contributed by atoms with van der Waals surface area (Å²) in [6.45, 7) is 5.03. The topological polar surface area (TPSA) is 83.6 Å². The van der Waals surface area contributed by atoms with Crippen LogP contribution >= 0.6 is 0 Å². The molecule has 1 unspecified atom stereocenters. The molecule has 0 bridgehead atoms. The molecular weight excluding hydrogens is 400 g/mol. The molecule has 2 aromatic carbocycles. The molecule has 0 amide bonds. The number of hydrogen-bond donors (Lipinski definition) is 1. The number of nitrogens with zero attached hydrogens (tertiary/aromatic N) is 1. The standard InChI is InChI=1S/C22H30N2O2S.CO2/c1-4-5-6-7-10-15-23-22-18-11-8-9-12-20(18)24(3)27(25,26)21-16-17(2)13-14-19(21)22;2-1-3/h8-9,11-14,16,22-23H,4-7,10,15H2,1-3H3;. The van der Waals surface area contributed by atoms with Crippen molar-refractivity contribution in [3.05, 3.63) is 59.2 Å². The summed E-state index contributed by atoms with van der Waals surface area (Å²) in [6, 6.07) is 13.4. The number of sulfonamides is 1. The predicted octanol–water partition coefficient (Wildman–Crippen LogP) is 4.20. The summed E-state index contributed by atoms with van der Waals surface area (Å²) in [5.74, 6) is 0. The predicted molar refractivity (Wildman–Crippen MR) is 117 cm³/mol. The van der Waals surface area contributed by atoms with Crippen molar-refractivity contribution in [3.63, 3.8) is 0 Å². The van der Waals surface area contributed by atoms with Crippen molar-refractivity contribution in [1.82, 2.24) is 5.32 Å². The summed E-state index contributed by atoms with van der Waals surface area (Å²) < 4.78 is 27.9. The van der Waals surface area contributed by atoms with E-state index in [0.29, 0.717) is 4.90 Å². The van der Waals surface area contributed by atoms with Crippen molar-refractivity contribution in [2.24, 2.45) is 0 Å². The van der Waals surface area contributed by atoms with E-state index < -0.39 is 10.0 Å². The fourth-order valence-corrected chi connectivity index (χ4v) is 5.30. The van der Waals surface area contributed by atoms with Gasteiger partial charge in [0.05, 0.1) is 16.6 Å². The van der Waals surface area contributed by atoms with Gasteiger partial charge in [-0.25, -0.2) is 8.42 Å². The molecular formula is C23H30N2O4S. The van der Waals surface area contributed by atoms with E-state index in [1.165, 1.54) is 30.0 Å². The summed E-state index contributed by atoms with van der Waals surface area (Å²) in [5, 5.41) is 3.64. The van der Waals surface area contributed by atoms with Crippen LogP contribution in [0.5, 0.6) is 0 Å². The van der Waals surface area contributed by atoms with Crippen LogP contribution in [0.1, 0.15) is 61.8 Å². The van der Waals surface area contributed by atoms with Gasteiger partial charge < -0.3 is 5.32 Å². The Morgan fingerprint density at radius 2 is 1.67 bits per heavy atom. The quantitative estimate of drug-likeness (QED) is 0.666. The first-order chi connectivity index (χ1) is 14.4. The highest BCUT2D eigenvalue weighted by Gasteiger charge is 2.34. The lowest BCUT2D eigenvalue weighted by Gasteiger charge is -2.22. The molecule has 1 aliphatic heterocycles. The molecule has 7 heteroatoms. The molecule has 2 aromatic rings. The van der Waals surface area contributed by atoms with Crippen molar-refractivity contribution in [2.45, 2.75) is 56.9 Å². The van der Waals surface area contributed by atoms with Crippen LogP contribution in [0.25, 0.3) is 0 Å². The van der Waals surface area contributed by atoms with Crippen LogP contribution in [0.15, 0.2) is 47.4 Å². The van der Waals surface area contributed by atoms with E-state index in [4.69, 9.17) is 9.59 Å². The number of unbranched alkanes of at least 4 members (excludes halogenated alkanes) is 4. The Labute approximate surface area is 179 Å². The first-order valence-electron chi connectivity index (χ1n) is 10.3. The van der Waals surface area contributed by atoms with Gasteiger partial charge in [0.1, 0.15) is 0 Å². The fraction of sp³-hybridized carbons (Fsp3) is 0.435. The highest BCUT2D eigenvalue weighted by Crippen LogP contribution is 2.40. The third-order valence-corrected chi connectivity index (χ3v) is 7.16. The molecule has 0 saturated heterocycles. The van der Waals surface area contributed by atoms with Gasteiger partial charge in [-0.05, 0) is 48.7 Å². The normalized spacial score (nSPS) is 16.4. The number of rotatable bonds is 7. The van der Waals surface area contributed by atoms with Crippen LogP contribution in [-0.4, -0.2) is 28.2 Å². The van der Waals surface area contributed by atoms with Gasteiger partial charge in [-0.2, -0.15) is 9.59 Å². The van der Waals surface area contributed by atoms with Crippen LogP contribution in [0, 0.1) is 6.92 Å². The maximum absolute atomic E-state index is 13.2. The number of nitrogens with one attached hydrogen (secondary N) is 1. The number of benzene rings is 2. The molecule has 6 nitrogen and oxygen atoms in total. The summed E-state index contributed by atoms with van der Waals surface area (Å²) in [5.41, 5.74) is 3.55. The summed E-state index contributed by atoms with van der Waals surface area (Å²) in [7, 11) is -1.93. The summed E-state index contributed by atoms with van der Waals surface area (Å²) in [6.07, 6.45) is 6.32. The number of hydrogen-bond acceptors (Lipinski definition) is 5. The molecule has 30 heavy (non-hydrogen) atoms. The summed E-state index contributed by atoms with van der Waals surface area (Å²) in [4.78, 5) is 16.7. The SMILES string of the molecule is CCCCCCCNC1c2ccccc2N(C)S(=O)(=O)c2cc(C)ccc21.O=C=O. The van der Waals surface area contributed by atoms with E-state index in [2.05, 4.69) is 12.2 Å². The van der Waals surface area contributed by atoms with E-state index in [0.717, 1.165) is 35.3 Å². The second-order valence-corrected chi connectivity index (χ2v) is 9.39. The molecule has 0 spiro atoms. The van der Waals surface area contributed by atoms with Crippen LogP contribution in [0.4, 0.5) is 5.69 Å². The van der Waals surface area contributed by atoms with E-state index in [9.17, 15) is 8.42 Å². The van der Waals surface area contributed by atoms with Crippen molar-refractivity contribution < 1.29 is 18.0 Å². The highest BCUT2D eigenvalue weighted by molar-refractivity contribution is 7.92. The second-order valence-electron chi connectivity index (χ2n) is 7.46. The third kappa shape index (κ3) is 5.36. The zero-order valence-corrected chi connectivity index (χ0v) is 18.7. The minimum absolute atomic E-state index is 0.122. The van der Waals surface area contributed by atoms with E-state index in [1.807, 2.05) is 43.3 Å². The maximum atomic E-state index is 13.2. The minimum atomic E-state index is -3.58. The van der Waals surface area contributed by atoms with Crippen molar-refractivity contribution in [3.8, 4) is 0 Å². The zero-order valence-electron chi connectivity index (χ0n) is 17.8. The molecule has 0 aliphatic carbocycles. The minimum Gasteiger partial charge on any atom is -0.306 e. The Bertz CT molecular complexity index is 982. The molecule has 1 heterocycles. The first-order valence-corrected chi connectivity index (χ1v) is 11.7. The van der Waals surface area contributed by atoms with E-state index in [-0.39, 0.29) is 12.2 Å². The van der Waals surface area contributed by atoms with Crippen molar-refractivity contribution in [1.29, 1.82) is 0 Å². The van der Waals surface area contributed by atoms with Gasteiger partial charge >= 0.3 is 6.15 Å². The second kappa shape index (κ2) is 11.1. The van der Waals surface area contributed by atoms with Gasteiger partial charge in [0.25, 0.3) is 10.0 Å². The lowest BCUT2D eigenvalue weighted by Crippen LogP contribution is -2.26. The van der Waals surface area contributed by atoms with Crippen LogP contribution in [-0.2, 0) is 19.6 Å². The molecule has 0 aromatic heterocycles. The van der Waals surface area contributed by atoms with Gasteiger partial charge in [-0.3, -0.25) is 4.31 Å². The Morgan fingerprint density at radius 1 is 1.00 bits per heavy atom. The third-order valence-electron chi connectivity index (χ3n) is 5.33. The first kappa shape index (κ1) is 23.8. The van der Waals surface area contributed by atoms with Crippen LogP contribution in [0.3, 0.4) is 0 Å². The molecule has 3 rings (SSSR count). The maximum Gasteiger partial charge on any atom is 0.373 e.